The lowest BCUT2D eigenvalue weighted by atomic mass is 10.2. The minimum absolute atomic E-state index is 0.894. The van der Waals surface area contributed by atoms with Gasteiger partial charge < -0.3 is 10.6 Å². The first-order chi connectivity index (χ1) is 6.24. The monoisotopic (exact) mass is 178 g/mol. The van der Waals surface area contributed by atoms with Crippen molar-refractivity contribution < 1.29 is 0 Å². The van der Waals surface area contributed by atoms with E-state index in [1.165, 1.54) is 12.0 Å². The van der Waals surface area contributed by atoms with Crippen molar-refractivity contribution >= 4 is 5.69 Å². The van der Waals surface area contributed by atoms with Crippen molar-refractivity contribution in [3.8, 4) is 0 Å². The zero-order valence-corrected chi connectivity index (χ0v) is 8.46. The van der Waals surface area contributed by atoms with Crippen LogP contribution in [-0.4, -0.2) is 18.5 Å². The van der Waals surface area contributed by atoms with Gasteiger partial charge >= 0.3 is 0 Å². The number of nitrogens with zero attached hydrogens (tertiary/aromatic N) is 1. The molecule has 2 nitrogen and oxygen atoms in total. The Labute approximate surface area is 80.4 Å². The van der Waals surface area contributed by atoms with E-state index in [1.807, 2.05) is 18.2 Å². The number of rotatable bonds is 4. The third-order valence-corrected chi connectivity index (χ3v) is 2.10. The minimum atomic E-state index is 0.894. The van der Waals surface area contributed by atoms with Crippen LogP contribution in [0.1, 0.15) is 18.9 Å². The molecule has 72 valence electrons. The molecule has 0 saturated carbocycles. The van der Waals surface area contributed by atoms with E-state index in [2.05, 4.69) is 24.9 Å². The summed E-state index contributed by atoms with van der Waals surface area (Å²) in [5, 5.41) is 0. The summed E-state index contributed by atoms with van der Waals surface area (Å²) in [6.45, 7) is 4.25. The lowest BCUT2D eigenvalue weighted by Crippen LogP contribution is -2.19. The second-order valence-electron chi connectivity index (χ2n) is 3.44. The molecule has 2 heteroatoms. The maximum atomic E-state index is 5.84. The Bertz CT molecular complexity index is 258. The average molecular weight is 178 g/mol. The van der Waals surface area contributed by atoms with Crippen LogP contribution in [0, 0.1) is 0 Å². The Hall–Kier alpha value is -1.02. The summed E-state index contributed by atoms with van der Waals surface area (Å²) in [6, 6.07) is 8.04. The molecule has 2 N–H and O–H groups in total. The van der Waals surface area contributed by atoms with Crippen molar-refractivity contribution in [2.24, 2.45) is 0 Å². The second-order valence-corrected chi connectivity index (χ2v) is 3.44. The van der Waals surface area contributed by atoms with Gasteiger partial charge in [0.25, 0.3) is 0 Å². The highest BCUT2D eigenvalue weighted by molar-refractivity contribution is 5.46. The van der Waals surface area contributed by atoms with Crippen molar-refractivity contribution in [1.29, 1.82) is 0 Å². The highest BCUT2D eigenvalue weighted by Gasteiger charge is 2.01. The summed E-state index contributed by atoms with van der Waals surface area (Å²) >= 11 is 0. The van der Waals surface area contributed by atoms with E-state index < -0.39 is 0 Å². The summed E-state index contributed by atoms with van der Waals surface area (Å²) < 4.78 is 0. The molecule has 0 amide bonds. The fraction of sp³-hybridized carbons (Fsp3) is 0.455. The van der Waals surface area contributed by atoms with Crippen LogP contribution in [-0.2, 0) is 6.54 Å². The molecule has 1 rings (SSSR count). The van der Waals surface area contributed by atoms with E-state index >= 15 is 0 Å². The Kier molecular flexibility index (Phi) is 3.77. The molecule has 1 aromatic rings. The summed E-state index contributed by atoms with van der Waals surface area (Å²) in [4.78, 5) is 2.28. The predicted octanol–water partition coefficient (Wildman–Crippen LogP) is 2.11. The first-order valence-corrected chi connectivity index (χ1v) is 4.76. The van der Waals surface area contributed by atoms with Crippen LogP contribution < -0.4 is 5.73 Å². The largest absolute Gasteiger partial charge is 0.398 e. The van der Waals surface area contributed by atoms with E-state index in [-0.39, 0.29) is 0 Å². The van der Waals surface area contributed by atoms with Crippen LogP contribution in [0.4, 0.5) is 5.69 Å². The van der Waals surface area contributed by atoms with E-state index in [1.54, 1.807) is 0 Å². The van der Waals surface area contributed by atoms with Gasteiger partial charge in [-0.25, -0.2) is 0 Å². The zero-order valence-electron chi connectivity index (χ0n) is 8.46. The van der Waals surface area contributed by atoms with Crippen LogP contribution in [0.3, 0.4) is 0 Å². The van der Waals surface area contributed by atoms with Gasteiger partial charge in [0.2, 0.25) is 0 Å². The molecule has 0 aliphatic rings. The molecule has 13 heavy (non-hydrogen) atoms. The molecule has 0 atom stereocenters. The zero-order chi connectivity index (χ0) is 9.68. The molecule has 0 unspecified atom stereocenters. The quantitative estimate of drug-likeness (QED) is 0.715. The van der Waals surface area contributed by atoms with Gasteiger partial charge in [-0.15, -0.1) is 0 Å². The summed E-state index contributed by atoms with van der Waals surface area (Å²) in [7, 11) is 2.12. The summed E-state index contributed by atoms with van der Waals surface area (Å²) in [5.74, 6) is 0. The van der Waals surface area contributed by atoms with Gasteiger partial charge in [-0.2, -0.15) is 0 Å². The molecule has 0 aromatic heterocycles. The molecular formula is C11H18N2. The molecule has 0 saturated heterocycles. The summed E-state index contributed by atoms with van der Waals surface area (Å²) in [6.07, 6.45) is 1.18. The fourth-order valence-electron chi connectivity index (χ4n) is 1.43. The van der Waals surface area contributed by atoms with Gasteiger partial charge in [0.05, 0.1) is 0 Å². The van der Waals surface area contributed by atoms with Crippen LogP contribution >= 0.6 is 0 Å². The number of hydrogen-bond donors (Lipinski definition) is 1. The summed E-state index contributed by atoms with van der Waals surface area (Å²) in [5.41, 5.74) is 7.95. The molecule has 0 bridgehead atoms. The van der Waals surface area contributed by atoms with Gasteiger partial charge in [0, 0.05) is 12.2 Å². The van der Waals surface area contributed by atoms with Crippen molar-refractivity contribution in [2.75, 3.05) is 19.3 Å². The number of benzene rings is 1. The molecule has 0 aliphatic carbocycles. The lowest BCUT2D eigenvalue weighted by Gasteiger charge is -2.16. The van der Waals surface area contributed by atoms with E-state index in [4.69, 9.17) is 5.73 Å². The molecular weight excluding hydrogens is 160 g/mol. The molecule has 0 aliphatic heterocycles. The highest BCUT2D eigenvalue weighted by Crippen LogP contribution is 2.12. The Balaban J connectivity index is 2.58. The number of para-hydroxylation sites is 1. The third-order valence-electron chi connectivity index (χ3n) is 2.10. The van der Waals surface area contributed by atoms with Crippen LogP contribution in [0.25, 0.3) is 0 Å². The van der Waals surface area contributed by atoms with E-state index in [0.717, 1.165) is 18.8 Å². The molecule has 1 aromatic carbocycles. The van der Waals surface area contributed by atoms with Gasteiger partial charge in [-0.05, 0) is 31.6 Å². The first kappa shape index (κ1) is 10.1. The Morgan fingerprint density at radius 3 is 2.62 bits per heavy atom. The fourth-order valence-corrected chi connectivity index (χ4v) is 1.43. The second kappa shape index (κ2) is 4.87. The topological polar surface area (TPSA) is 29.3 Å². The predicted molar refractivity (Wildman–Crippen MR) is 57.5 cm³/mol. The van der Waals surface area contributed by atoms with Crippen molar-refractivity contribution in [2.45, 2.75) is 19.9 Å². The van der Waals surface area contributed by atoms with E-state index in [0.29, 0.717) is 0 Å². The third kappa shape index (κ3) is 3.07. The van der Waals surface area contributed by atoms with E-state index in [9.17, 15) is 0 Å². The molecule has 0 heterocycles. The van der Waals surface area contributed by atoms with Crippen LogP contribution in [0.15, 0.2) is 24.3 Å². The van der Waals surface area contributed by atoms with Gasteiger partial charge in [-0.1, -0.05) is 25.1 Å². The van der Waals surface area contributed by atoms with Crippen molar-refractivity contribution in [3.63, 3.8) is 0 Å². The first-order valence-electron chi connectivity index (χ1n) is 4.76. The van der Waals surface area contributed by atoms with Gasteiger partial charge in [0.1, 0.15) is 0 Å². The molecule has 0 spiro atoms. The number of hydrogen-bond acceptors (Lipinski definition) is 2. The molecule has 0 fully saturated rings. The average Bonchev–Trinajstić information content (AvgIpc) is 2.09. The standard InChI is InChI=1S/C11H18N2/c1-3-8-13(2)9-10-6-4-5-7-11(10)12/h4-7H,3,8-9,12H2,1-2H3. The van der Waals surface area contributed by atoms with Gasteiger partial charge in [0.15, 0.2) is 0 Å². The van der Waals surface area contributed by atoms with Crippen molar-refractivity contribution in [3.05, 3.63) is 29.8 Å². The number of anilines is 1. The molecule has 0 radical (unpaired) electrons. The van der Waals surface area contributed by atoms with Crippen LogP contribution in [0.2, 0.25) is 0 Å². The number of nitrogens with two attached hydrogens (primary N) is 1. The highest BCUT2D eigenvalue weighted by atomic mass is 15.1. The van der Waals surface area contributed by atoms with Crippen molar-refractivity contribution in [1.82, 2.24) is 4.90 Å². The maximum absolute atomic E-state index is 5.84. The lowest BCUT2D eigenvalue weighted by molar-refractivity contribution is 0.328. The Morgan fingerprint density at radius 1 is 1.31 bits per heavy atom. The van der Waals surface area contributed by atoms with Gasteiger partial charge in [-0.3, -0.25) is 0 Å². The SMILES string of the molecule is CCCN(C)Cc1ccccc1N. The Morgan fingerprint density at radius 2 is 2.00 bits per heavy atom. The number of nitrogen functional groups attached to an aromatic ring is 1. The normalized spacial score (nSPS) is 10.7. The van der Waals surface area contributed by atoms with Crippen LogP contribution in [0.5, 0.6) is 0 Å². The minimum Gasteiger partial charge on any atom is -0.398 e. The smallest absolute Gasteiger partial charge is 0.0359 e. The maximum Gasteiger partial charge on any atom is 0.0359 e.